The molecule has 25 heavy (non-hydrogen) atoms. The number of likely N-dealkylation sites (tertiary alicyclic amines) is 1. The molecule has 0 saturated carbocycles. The van der Waals surface area contributed by atoms with Crippen LogP contribution >= 0.6 is 0 Å². The molecule has 0 aromatic carbocycles. The lowest BCUT2D eigenvalue weighted by molar-refractivity contribution is -0.127. The second-order valence-corrected chi connectivity index (χ2v) is 6.66. The number of nitrogens with one attached hydrogen (secondary N) is 1. The molecule has 1 N–H and O–H groups in total. The summed E-state index contributed by atoms with van der Waals surface area (Å²) in [5.74, 6) is 1.44. The number of aryl methyl sites for hydroxylation is 2. The van der Waals surface area contributed by atoms with E-state index in [2.05, 4.69) is 27.5 Å². The topological polar surface area (TPSA) is 89.1 Å². The zero-order valence-corrected chi connectivity index (χ0v) is 15.3. The summed E-state index contributed by atoms with van der Waals surface area (Å²) in [6.45, 7) is 4.62. The van der Waals surface area contributed by atoms with Crippen molar-refractivity contribution in [2.24, 2.45) is 7.05 Å². The van der Waals surface area contributed by atoms with Crippen molar-refractivity contribution in [1.29, 1.82) is 0 Å². The molecule has 0 bridgehead atoms. The van der Waals surface area contributed by atoms with Crippen molar-refractivity contribution in [2.75, 3.05) is 7.05 Å². The molecule has 0 aliphatic carbocycles. The van der Waals surface area contributed by atoms with Crippen LogP contribution < -0.4 is 5.32 Å². The number of aromatic nitrogens is 4. The van der Waals surface area contributed by atoms with E-state index in [1.165, 1.54) is 0 Å². The molecular weight excluding hydrogens is 320 g/mol. The Morgan fingerprint density at radius 3 is 2.88 bits per heavy atom. The first-order valence-corrected chi connectivity index (χ1v) is 8.80. The number of hydrogen-bond acceptors (Lipinski definition) is 6. The smallest absolute Gasteiger partial charge is 0.240 e. The number of carbonyl (C=O) groups is 1. The number of hydrogen-bond donors (Lipinski definition) is 1. The second kappa shape index (κ2) is 7.35. The normalized spacial score (nSPS) is 20.6. The first-order valence-electron chi connectivity index (χ1n) is 8.80. The minimum Gasteiger partial charge on any atom is -0.338 e. The van der Waals surface area contributed by atoms with Gasteiger partial charge in [0.15, 0.2) is 5.82 Å². The van der Waals surface area contributed by atoms with Gasteiger partial charge in [0.25, 0.3) is 0 Å². The van der Waals surface area contributed by atoms with Crippen molar-refractivity contribution >= 4 is 5.91 Å². The van der Waals surface area contributed by atoms with Gasteiger partial charge in [-0.15, -0.1) is 0 Å². The van der Waals surface area contributed by atoms with E-state index in [1.807, 2.05) is 31.9 Å². The predicted octanol–water partition coefficient (Wildman–Crippen LogP) is 1.52. The number of rotatable bonds is 7. The van der Waals surface area contributed by atoms with Gasteiger partial charge in [-0.2, -0.15) is 10.1 Å². The van der Waals surface area contributed by atoms with Crippen LogP contribution in [-0.2, 0) is 24.8 Å². The van der Waals surface area contributed by atoms with Crippen LogP contribution in [0.3, 0.4) is 0 Å². The molecule has 0 spiro atoms. The molecule has 0 unspecified atom stereocenters. The van der Waals surface area contributed by atoms with Crippen LogP contribution in [0.15, 0.2) is 10.7 Å². The summed E-state index contributed by atoms with van der Waals surface area (Å²) >= 11 is 0. The van der Waals surface area contributed by atoms with Crippen molar-refractivity contribution in [3.63, 3.8) is 0 Å². The number of carbonyl (C=O) groups excluding carboxylic acids is 1. The van der Waals surface area contributed by atoms with Crippen molar-refractivity contribution in [3.05, 3.63) is 29.2 Å². The van der Waals surface area contributed by atoms with Gasteiger partial charge >= 0.3 is 0 Å². The van der Waals surface area contributed by atoms with Crippen molar-refractivity contribution in [1.82, 2.24) is 30.1 Å². The van der Waals surface area contributed by atoms with Gasteiger partial charge < -0.3 is 14.7 Å². The molecule has 1 amide bonds. The Morgan fingerprint density at radius 2 is 2.20 bits per heavy atom. The van der Waals surface area contributed by atoms with Crippen molar-refractivity contribution in [3.8, 4) is 0 Å². The van der Waals surface area contributed by atoms with Gasteiger partial charge in [0.2, 0.25) is 11.8 Å². The standard InChI is InChI=1S/C17H26N6O2/c1-5-6-7-14-20-15(25-21-14)10-18-13-8-16(24)22(3)17(13)12-9-19-23(4)11(12)2/h9,13,17-18H,5-8,10H2,1-4H3/t13-,17+/m1/s1. The molecule has 3 heterocycles. The summed E-state index contributed by atoms with van der Waals surface area (Å²) in [4.78, 5) is 18.4. The van der Waals surface area contributed by atoms with E-state index in [4.69, 9.17) is 4.52 Å². The van der Waals surface area contributed by atoms with Crippen LogP contribution in [0.25, 0.3) is 0 Å². The Bertz CT molecular complexity index is 737. The molecule has 8 heteroatoms. The minimum atomic E-state index is -0.0383. The Hall–Kier alpha value is -2.22. The highest BCUT2D eigenvalue weighted by molar-refractivity contribution is 5.80. The molecule has 0 radical (unpaired) electrons. The first kappa shape index (κ1) is 17.6. The third-order valence-electron chi connectivity index (χ3n) is 4.96. The van der Waals surface area contributed by atoms with Gasteiger partial charge in [-0.3, -0.25) is 9.48 Å². The van der Waals surface area contributed by atoms with E-state index in [1.54, 1.807) is 4.90 Å². The van der Waals surface area contributed by atoms with Crippen LogP contribution in [0.1, 0.15) is 55.2 Å². The van der Waals surface area contributed by atoms with Crippen molar-refractivity contribution < 1.29 is 9.32 Å². The van der Waals surface area contributed by atoms with E-state index < -0.39 is 0 Å². The van der Waals surface area contributed by atoms with E-state index in [9.17, 15) is 4.79 Å². The van der Waals surface area contributed by atoms with E-state index in [0.29, 0.717) is 18.9 Å². The molecule has 2 atom stereocenters. The zero-order valence-electron chi connectivity index (χ0n) is 15.3. The van der Waals surface area contributed by atoms with Gasteiger partial charge in [-0.25, -0.2) is 0 Å². The van der Waals surface area contributed by atoms with Crippen LogP contribution in [0, 0.1) is 6.92 Å². The maximum atomic E-state index is 12.2. The largest absolute Gasteiger partial charge is 0.338 e. The monoisotopic (exact) mass is 346 g/mol. The molecular formula is C17H26N6O2. The average Bonchev–Trinajstić information content (AvgIpc) is 3.25. The third-order valence-corrected chi connectivity index (χ3v) is 4.96. The van der Waals surface area contributed by atoms with Crippen LogP contribution in [-0.4, -0.2) is 43.8 Å². The summed E-state index contributed by atoms with van der Waals surface area (Å²) in [5.41, 5.74) is 2.14. The average molecular weight is 346 g/mol. The number of amides is 1. The Kier molecular flexibility index (Phi) is 5.17. The van der Waals surface area contributed by atoms with Gasteiger partial charge in [-0.05, 0) is 13.3 Å². The summed E-state index contributed by atoms with van der Waals surface area (Å²) in [6.07, 6.45) is 5.29. The zero-order chi connectivity index (χ0) is 18.0. The molecule has 1 aliphatic heterocycles. The SMILES string of the molecule is CCCCc1noc(CN[C@@H]2CC(=O)N(C)[C@H]2c2cnn(C)c2C)n1. The Labute approximate surface area is 147 Å². The molecule has 2 aromatic rings. The lowest BCUT2D eigenvalue weighted by Gasteiger charge is -2.25. The number of unbranched alkanes of at least 4 members (excludes halogenated alkanes) is 1. The van der Waals surface area contributed by atoms with Gasteiger partial charge in [0.1, 0.15) is 0 Å². The molecule has 136 valence electrons. The summed E-state index contributed by atoms with van der Waals surface area (Å²) < 4.78 is 7.14. The van der Waals surface area contributed by atoms with E-state index in [-0.39, 0.29) is 18.0 Å². The van der Waals surface area contributed by atoms with Gasteiger partial charge in [0, 0.05) is 44.2 Å². The fourth-order valence-electron chi connectivity index (χ4n) is 3.30. The maximum Gasteiger partial charge on any atom is 0.240 e. The summed E-state index contributed by atoms with van der Waals surface area (Å²) in [6, 6.07) is -0.0462. The molecule has 8 nitrogen and oxygen atoms in total. The fourth-order valence-corrected chi connectivity index (χ4v) is 3.30. The number of likely N-dealkylation sites (N-methyl/N-ethyl adjacent to an activating group) is 1. The first-order chi connectivity index (χ1) is 12.0. The Morgan fingerprint density at radius 1 is 1.40 bits per heavy atom. The van der Waals surface area contributed by atoms with Crippen molar-refractivity contribution in [2.45, 2.75) is 58.2 Å². The quantitative estimate of drug-likeness (QED) is 0.817. The number of nitrogens with zero attached hydrogens (tertiary/aromatic N) is 5. The predicted molar refractivity (Wildman–Crippen MR) is 91.6 cm³/mol. The molecule has 2 aromatic heterocycles. The summed E-state index contributed by atoms with van der Waals surface area (Å²) in [7, 11) is 3.75. The van der Waals surface area contributed by atoms with Crippen LogP contribution in [0.5, 0.6) is 0 Å². The second-order valence-electron chi connectivity index (χ2n) is 6.66. The lowest BCUT2D eigenvalue weighted by atomic mass is 10.0. The van der Waals surface area contributed by atoms with Gasteiger partial charge in [-0.1, -0.05) is 18.5 Å². The fraction of sp³-hybridized carbons (Fsp3) is 0.647. The van der Waals surface area contributed by atoms with Crippen LogP contribution in [0.4, 0.5) is 0 Å². The van der Waals surface area contributed by atoms with Gasteiger partial charge in [0.05, 0.1) is 18.8 Å². The highest BCUT2D eigenvalue weighted by Crippen LogP contribution is 2.33. The maximum absolute atomic E-state index is 12.2. The summed E-state index contributed by atoms with van der Waals surface area (Å²) in [5, 5.41) is 11.7. The lowest BCUT2D eigenvalue weighted by Crippen LogP contribution is -2.35. The molecule has 3 rings (SSSR count). The van der Waals surface area contributed by atoms with E-state index in [0.717, 1.165) is 36.3 Å². The minimum absolute atomic E-state index is 0.00797. The van der Waals surface area contributed by atoms with Crippen LogP contribution in [0.2, 0.25) is 0 Å². The molecule has 1 aliphatic rings. The van der Waals surface area contributed by atoms with E-state index >= 15 is 0 Å². The molecule has 1 saturated heterocycles. The Balaban J connectivity index is 1.69. The third kappa shape index (κ3) is 3.58. The molecule has 1 fully saturated rings. The highest BCUT2D eigenvalue weighted by Gasteiger charge is 2.39. The highest BCUT2D eigenvalue weighted by atomic mass is 16.5.